The molecule has 0 radical (unpaired) electrons. The number of hydrogen-bond acceptors (Lipinski definition) is 3. The van der Waals surface area contributed by atoms with Gasteiger partial charge in [0.2, 0.25) is 0 Å². The van der Waals surface area contributed by atoms with Crippen LogP contribution in [0.3, 0.4) is 0 Å². The average molecular weight is 241 g/mol. The SMILES string of the molecule is C[C@H](O)c1ccc(OCCCN(C)C)c(F)c1. The lowest BCUT2D eigenvalue weighted by molar-refractivity contribution is 0.198. The second kappa shape index (κ2) is 6.57. The first-order chi connectivity index (χ1) is 8.00. The molecule has 0 spiro atoms. The van der Waals surface area contributed by atoms with Gasteiger partial charge in [0, 0.05) is 6.54 Å². The van der Waals surface area contributed by atoms with Crippen molar-refractivity contribution in [3.8, 4) is 5.75 Å². The van der Waals surface area contributed by atoms with Gasteiger partial charge in [0.05, 0.1) is 12.7 Å². The second-order valence-corrected chi connectivity index (χ2v) is 4.37. The number of ether oxygens (including phenoxy) is 1. The quantitative estimate of drug-likeness (QED) is 0.775. The molecule has 0 aromatic heterocycles. The van der Waals surface area contributed by atoms with Gasteiger partial charge in [-0.3, -0.25) is 0 Å². The Morgan fingerprint density at radius 1 is 1.41 bits per heavy atom. The largest absolute Gasteiger partial charge is 0.490 e. The standard InChI is InChI=1S/C13H20FNO2/c1-10(16)11-5-6-13(12(14)9-11)17-8-4-7-15(2)3/h5-6,9-10,16H,4,7-8H2,1-3H3/t10-/m0/s1. The molecule has 0 aliphatic rings. The van der Waals surface area contributed by atoms with Crippen LogP contribution in [0.1, 0.15) is 25.0 Å². The van der Waals surface area contributed by atoms with E-state index in [0.717, 1.165) is 13.0 Å². The number of aliphatic hydroxyl groups excluding tert-OH is 1. The topological polar surface area (TPSA) is 32.7 Å². The Labute approximate surface area is 102 Å². The molecule has 0 amide bonds. The van der Waals surface area contributed by atoms with E-state index in [-0.39, 0.29) is 5.75 Å². The molecule has 0 unspecified atom stereocenters. The van der Waals surface area contributed by atoms with Gasteiger partial charge >= 0.3 is 0 Å². The zero-order valence-electron chi connectivity index (χ0n) is 10.6. The molecule has 0 bridgehead atoms. The minimum Gasteiger partial charge on any atom is -0.490 e. The van der Waals surface area contributed by atoms with E-state index in [2.05, 4.69) is 4.90 Å². The van der Waals surface area contributed by atoms with Crippen LogP contribution in [0.4, 0.5) is 4.39 Å². The molecular formula is C13H20FNO2. The average Bonchev–Trinajstić information content (AvgIpc) is 2.25. The van der Waals surface area contributed by atoms with Crippen LogP contribution in [0.2, 0.25) is 0 Å². The van der Waals surface area contributed by atoms with Gasteiger partial charge in [0.15, 0.2) is 11.6 Å². The van der Waals surface area contributed by atoms with E-state index in [0.29, 0.717) is 12.2 Å². The third-order valence-electron chi connectivity index (χ3n) is 2.45. The predicted molar refractivity (Wildman–Crippen MR) is 65.7 cm³/mol. The molecule has 0 saturated carbocycles. The highest BCUT2D eigenvalue weighted by Gasteiger charge is 2.07. The summed E-state index contributed by atoms with van der Waals surface area (Å²) in [6, 6.07) is 4.55. The molecule has 1 atom stereocenters. The molecule has 0 saturated heterocycles. The van der Waals surface area contributed by atoms with E-state index in [1.807, 2.05) is 14.1 Å². The Morgan fingerprint density at radius 2 is 2.12 bits per heavy atom. The van der Waals surface area contributed by atoms with Crippen molar-refractivity contribution < 1.29 is 14.2 Å². The first-order valence-corrected chi connectivity index (χ1v) is 5.75. The number of hydrogen-bond donors (Lipinski definition) is 1. The lowest BCUT2D eigenvalue weighted by Gasteiger charge is -2.12. The maximum atomic E-state index is 13.5. The van der Waals surface area contributed by atoms with E-state index in [1.54, 1.807) is 19.1 Å². The summed E-state index contributed by atoms with van der Waals surface area (Å²) in [6.45, 7) is 3.00. The number of aliphatic hydroxyl groups is 1. The molecule has 1 N–H and O–H groups in total. The van der Waals surface area contributed by atoms with Crippen molar-refractivity contribution in [3.05, 3.63) is 29.6 Å². The first-order valence-electron chi connectivity index (χ1n) is 5.75. The molecule has 1 rings (SSSR count). The molecule has 0 aliphatic heterocycles. The maximum absolute atomic E-state index is 13.5. The summed E-state index contributed by atoms with van der Waals surface area (Å²) < 4.78 is 18.9. The van der Waals surface area contributed by atoms with Crippen molar-refractivity contribution in [3.63, 3.8) is 0 Å². The second-order valence-electron chi connectivity index (χ2n) is 4.37. The fourth-order valence-electron chi connectivity index (χ4n) is 1.46. The van der Waals surface area contributed by atoms with E-state index in [1.165, 1.54) is 6.07 Å². The lowest BCUT2D eigenvalue weighted by Crippen LogP contribution is -2.15. The zero-order chi connectivity index (χ0) is 12.8. The Bertz CT molecular complexity index is 353. The summed E-state index contributed by atoms with van der Waals surface area (Å²) in [5.41, 5.74) is 0.558. The summed E-state index contributed by atoms with van der Waals surface area (Å²) in [4.78, 5) is 2.05. The van der Waals surface area contributed by atoms with Crippen LogP contribution in [0.15, 0.2) is 18.2 Å². The number of nitrogens with zero attached hydrogens (tertiary/aromatic N) is 1. The van der Waals surface area contributed by atoms with Crippen LogP contribution in [-0.4, -0.2) is 37.3 Å². The van der Waals surface area contributed by atoms with Gasteiger partial charge in [-0.2, -0.15) is 0 Å². The van der Waals surface area contributed by atoms with Crippen molar-refractivity contribution in [2.75, 3.05) is 27.2 Å². The van der Waals surface area contributed by atoms with Crippen molar-refractivity contribution in [2.45, 2.75) is 19.4 Å². The van der Waals surface area contributed by atoms with Crippen LogP contribution in [0.25, 0.3) is 0 Å². The normalized spacial score (nSPS) is 12.8. The van der Waals surface area contributed by atoms with Crippen LogP contribution in [0.5, 0.6) is 5.75 Å². The zero-order valence-corrected chi connectivity index (χ0v) is 10.6. The van der Waals surface area contributed by atoms with Gasteiger partial charge < -0.3 is 14.7 Å². The number of halogens is 1. The molecular weight excluding hydrogens is 221 g/mol. The van der Waals surface area contributed by atoms with Crippen molar-refractivity contribution in [1.82, 2.24) is 4.90 Å². The van der Waals surface area contributed by atoms with Gasteiger partial charge in [-0.15, -0.1) is 0 Å². The smallest absolute Gasteiger partial charge is 0.165 e. The highest BCUT2D eigenvalue weighted by atomic mass is 19.1. The summed E-state index contributed by atoms with van der Waals surface area (Å²) in [6.07, 6.45) is 0.192. The summed E-state index contributed by atoms with van der Waals surface area (Å²) in [5.74, 6) is -0.179. The molecule has 4 heteroatoms. The molecule has 0 aliphatic carbocycles. The lowest BCUT2D eigenvalue weighted by atomic mass is 10.1. The third kappa shape index (κ3) is 4.71. The molecule has 1 aromatic rings. The van der Waals surface area contributed by atoms with Crippen LogP contribution >= 0.6 is 0 Å². The van der Waals surface area contributed by atoms with Gasteiger partial charge in [-0.05, 0) is 45.1 Å². The maximum Gasteiger partial charge on any atom is 0.165 e. The van der Waals surface area contributed by atoms with Gasteiger partial charge in [-0.25, -0.2) is 4.39 Å². The van der Waals surface area contributed by atoms with Crippen molar-refractivity contribution >= 4 is 0 Å². The highest BCUT2D eigenvalue weighted by molar-refractivity contribution is 5.30. The molecule has 17 heavy (non-hydrogen) atoms. The number of benzene rings is 1. The molecule has 96 valence electrons. The van der Waals surface area contributed by atoms with Crippen molar-refractivity contribution in [1.29, 1.82) is 0 Å². The van der Waals surface area contributed by atoms with Gasteiger partial charge in [0.1, 0.15) is 0 Å². The minimum absolute atomic E-state index is 0.244. The summed E-state index contributed by atoms with van der Waals surface area (Å²) in [5, 5.41) is 9.30. The molecule has 3 nitrogen and oxygen atoms in total. The third-order valence-corrected chi connectivity index (χ3v) is 2.45. The first kappa shape index (κ1) is 13.9. The van der Waals surface area contributed by atoms with E-state index < -0.39 is 11.9 Å². The van der Waals surface area contributed by atoms with Gasteiger partial charge in [-0.1, -0.05) is 6.07 Å². The Balaban J connectivity index is 2.49. The molecule has 0 heterocycles. The van der Waals surface area contributed by atoms with Crippen LogP contribution in [-0.2, 0) is 0 Å². The van der Waals surface area contributed by atoms with Crippen LogP contribution < -0.4 is 4.74 Å². The van der Waals surface area contributed by atoms with E-state index in [9.17, 15) is 9.50 Å². The fourth-order valence-corrected chi connectivity index (χ4v) is 1.46. The monoisotopic (exact) mass is 241 g/mol. The molecule has 1 aromatic carbocycles. The molecule has 0 fully saturated rings. The Hall–Kier alpha value is -1.13. The van der Waals surface area contributed by atoms with Crippen molar-refractivity contribution in [2.24, 2.45) is 0 Å². The highest BCUT2D eigenvalue weighted by Crippen LogP contribution is 2.21. The predicted octanol–water partition coefficient (Wildman–Crippen LogP) is 2.21. The van der Waals surface area contributed by atoms with E-state index in [4.69, 9.17) is 4.74 Å². The Kier molecular flexibility index (Phi) is 5.38. The minimum atomic E-state index is -0.660. The fraction of sp³-hybridized carbons (Fsp3) is 0.538. The Morgan fingerprint density at radius 3 is 2.65 bits per heavy atom. The summed E-state index contributed by atoms with van der Waals surface area (Å²) >= 11 is 0. The van der Waals surface area contributed by atoms with Crippen LogP contribution in [0, 0.1) is 5.82 Å². The number of rotatable bonds is 6. The summed E-state index contributed by atoms with van der Waals surface area (Å²) in [7, 11) is 3.97. The van der Waals surface area contributed by atoms with Gasteiger partial charge in [0.25, 0.3) is 0 Å². The van der Waals surface area contributed by atoms with E-state index >= 15 is 0 Å².